The Kier molecular flexibility index (Phi) is 3.90. The van der Waals surface area contributed by atoms with Crippen LogP contribution < -0.4 is 10.5 Å². The van der Waals surface area contributed by atoms with E-state index < -0.39 is 0 Å². The molecule has 1 aliphatic heterocycles. The summed E-state index contributed by atoms with van der Waals surface area (Å²) in [4.78, 5) is 0. The highest BCUT2D eigenvalue weighted by atomic mass is 35.5. The van der Waals surface area contributed by atoms with E-state index in [-0.39, 0.29) is 11.8 Å². The summed E-state index contributed by atoms with van der Waals surface area (Å²) < 4.78 is 5.62. The number of fused-ring (bicyclic) bond motifs is 1. The summed E-state index contributed by atoms with van der Waals surface area (Å²) in [5, 5.41) is 17.7. The van der Waals surface area contributed by atoms with Gasteiger partial charge in [-0.2, -0.15) is 5.26 Å². The van der Waals surface area contributed by atoms with Crippen molar-refractivity contribution < 1.29 is 4.74 Å². The number of allylic oxidation sites excluding steroid dienone is 1. The van der Waals surface area contributed by atoms with E-state index in [2.05, 4.69) is 16.3 Å². The third kappa shape index (κ3) is 2.52. The molecule has 26 heavy (non-hydrogen) atoms. The van der Waals surface area contributed by atoms with Crippen molar-refractivity contribution in [1.82, 2.24) is 10.2 Å². The number of nitriles is 1. The van der Waals surface area contributed by atoms with Crippen LogP contribution in [0.1, 0.15) is 22.6 Å². The summed E-state index contributed by atoms with van der Waals surface area (Å²) in [6, 6.07) is 17.6. The van der Waals surface area contributed by atoms with Crippen molar-refractivity contribution in [2.75, 3.05) is 0 Å². The van der Waals surface area contributed by atoms with Gasteiger partial charge in [0.25, 0.3) is 0 Å². The first-order valence-corrected chi connectivity index (χ1v) is 8.45. The van der Waals surface area contributed by atoms with Crippen LogP contribution in [0.4, 0.5) is 0 Å². The number of hydrogen-bond donors (Lipinski definition) is 2. The predicted molar refractivity (Wildman–Crippen MR) is 99.5 cm³/mol. The van der Waals surface area contributed by atoms with Crippen molar-refractivity contribution in [2.24, 2.45) is 5.73 Å². The smallest absolute Gasteiger partial charge is 0.244 e. The quantitative estimate of drug-likeness (QED) is 0.713. The van der Waals surface area contributed by atoms with Gasteiger partial charge in [0.05, 0.1) is 17.2 Å². The van der Waals surface area contributed by atoms with E-state index >= 15 is 0 Å². The van der Waals surface area contributed by atoms with Gasteiger partial charge in [0.2, 0.25) is 11.8 Å². The minimum atomic E-state index is -0.352. The van der Waals surface area contributed by atoms with E-state index in [1.807, 2.05) is 55.5 Å². The van der Waals surface area contributed by atoms with E-state index in [1.165, 1.54) is 0 Å². The number of nitrogens with one attached hydrogen (secondary N) is 1. The number of H-pyrrole nitrogens is 1. The Hall–Kier alpha value is -3.23. The molecule has 4 rings (SSSR count). The Morgan fingerprint density at radius 1 is 1.19 bits per heavy atom. The van der Waals surface area contributed by atoms with Gasteiger partial charge in [-0.15, -0.1) is 5.10 Å². The molecular formula is C20H15ClN4O. The highest BCUT2D eigenvalue weighted by Gasteiger charge is 2.36. The normalized spacial score (nSPS) is 16.0. The second-order valence-electron chi connectivity index (χ2n) is 6.11. The van der Waals surface area contributed by atoms with Gasteiger partial charge in [0, 0.05) is 10.6 Å². The van der Waals surface area contributed by atoms with Gasteiger partial charge in [-0.1, -0.05) is 48.0 Å². The first kappa shape index (κ1) is 16.2. The predicted octanol–water partition coefficient (Wildman–Crippen LogP) is 4.26. The zero-order valence-electron chi connectivity index (χ0n) is 14.0. The number of nitrogens with two attached hydrogens (primary N) is 1. The van der Waals surface area contributed by atoms with Gasteiger partial charge in [0.1, 0.15) is 11.6 Å². The van der Waals surface area contributed by atoms with Crippen LogP contribution in [0.25, 0.3) is 11.3 Å². The lowest BCUT2D eigenvalue weighted by atomic mass is 9.81. The Morgan fingerprint density at radius 2 is 1.92 bits per heavy atom. The maximum Gasteiger partial charge on any atom is 0.244 e. The molecule has 2 aromatic carbocycles. The molecule has 2 heterocycles. The van der Waals surface area contributed by atoms with Crippen molar-refractivity contribution in [3.05, 3.63) is 81.7 Å². The van der Waals surface area contributed by atoms with Crippen LogP contribution in [0.5, 0.6) is 5.88 Å². The number of rotatable bonds is 2. The molecule has 1 aromatic heterocycles. The monoisotopic (exact) mass is 362 g/mol. The molecule has 5 nitrogen and oxygen atoms in total. The topological polar surface area (TPSA) is 87.7 Å². The van der Waals surface area contributed by atoms with Gasteiger partial charge >= 0.3 is 0 Å². The van der Waals surface area contributed by atoms with E-state index in [4.69, 9.17) is 22.1 Å². The van der Waals surface area contributed by atoms with Gasteiger partial charge in [-0.05, 0) is 30.2 Å². The van der Waals surface area contributed by atoms with Gasteiger partial charge in [0.15, 0.2) is 0 Å². The number of aryl methyl sites for hydroxylation is 1. The zero-order chi connectivity index (χ0) is 18.3. The number of benzene rings is 2. The highest BCUT2D eigenvalue weighted by Crippen LogP contribution is 2.46. The van der Waals surface area contributed by atoms with Gasteiger partial charge < -0.3 is 10.5 Å². The standard InChI is InChI=1S/C20H15ClN4O/c1-11-4-2-3-5-14(11)16-15(10-22)19(23)26-20-17(16)18(24-25-20)12-6-8-13(21)9-7-12/h2-9,16H,23H2,1H3,(H,24,25)/t16-/m1/s1. The summed E-state index contributed by atoms with van der Waals surface area (Å²) in [5.74, 6) is 0.122. The molecule has 0 saturated carbocycles. The third-order valence-corrected chi connectivity index (χ3v) is 4.82. The number of nitrogens with zero attached hydrogens (tertiary/aromatic N) is 2. The summed E-state index contributed by atoms with van der Waals surface area (Å²) in [7, 11) is 0. The molecular weight excluding hydrogens is 348 g/mol. The van der Waals surface area contributed by atoms with E-state index in [0.717, 1.165) is 27.9 Å². The fourth-order valence-corrected chi connectivity index (χ4v) is 3.43. The maximum atomic E-state index is 9.73. The van der Waals surface area contributed by atoms with Crippen LogP contribution in [0, 0.1) is 18.3 Å². The molecule has 6 heteroatoms. The maximum absolute atomic E-state index is 9.73. The molecule has 0 spiro atoms. The molecule has 1 atom stereocenters. The van der Waals surface area contributed by atoms with E-state index in [9.17, 15) is 5.26 Å². The molecule has 1 aliphatic rings. The van der Waals surface area contributed by atoms with Crippen LogP contribution in [0.2, 0.25) is 5.02 Å². The Bertz CT molecular complexity index is 1060. The van der Waals surface area contributed by atoms with E-state index in [1.54, 1.807) is 0 Å². The molecule has 128 valence electrons. The first-order valence-electron chi connectivity index (χ1n) is 8.07. The lowest BCUT2D eigenvalue weighted by Gasteiger charge is -2.25. The van der Waals surface area contributed by atoms with Crippen LogP contribution in [-0.4, -0.2) is 10.2 Å². The molecule has 0 aliphatic carbocycles. The van der Waals surface area contributed by atoms with Crippen LogP contribution in [0.15, 0.2) is 60.0 Å². The van der Waals surface area contributed by atoms with E-state index in [0.29, 0.717) is 16.5 Å². The Balaban J connectivity index is 1.97. The van der Waals surface area contributed by atoms with Crippen molar-refractivity contribution in [3.63, 3.8) is 0 Å². The summed E-state index contributed by atoms with van der Waals surface area (Å²) in [5.41, 5.74) is 10.9. The fraction of sp³-hybridized carbons (Fsp3) is 0.100. The largest absolute Gasteiger partial charge is 0.420 e. The number of ether oxygens (including phenoxy) is 1. The Labute approximate surface area is 155 Å². The van der Waals surface area contributed by atoms with Crippen molar-refractivity contribution in [1.29, 1.82) is 5.26 Å². The fourth-order valence-electron chi connectivity index (χ4n) is 3.30. The molecule has 0 amide bonds. The lowest BCUT2D eigenvalue weighted by molar-refractivity contribution is 0.379. The lowest BCUT2D eigenvalue weighted by Crippen LogP contribution is -2.21. The number of aromatic nitrogens is 2. The molecule has 3 aromatic rings. The highest BCUT2D eigenvalue weighted by molar-refractivity contribution is 6.30. The second-order valence-corrected chi connectivity index (χ2v) is 6.54. The second kappa shape index (κ2) is 6.25. The summed E-state index contributed by atoms with van der Waals surface area (Å²) >= 11 is 6.01. The van der Waals surface area contributed by atoms with Gasteiger partial charge in [-0.3, -0.25) is 5.10 Å². The van der Waals surface area contributed by atoms with Crippen LogP contribution in [0.3, 0.4) is 0 Å². The molecule has 0 fully saturated rings. The molecule has 0 saturated heterocycles. The minimum Gasteiger partial charge on any atom is -0.420 e. The van der Waals surface area contributed by atoms with Crippen LogP contribution >= 0.6 is 11.6 Å². The number of hydrogen-bond acceptors (Lipinski definition) is 4. The van der Waals surface area contributed by atoms with Crippen LogP contribution in [-0.2, 0) is 0 Å². The third-order valence-electron chi connectivity index (χ3n) is 4.57. The first-order chi connectivity index (χ1) is 12.6. The SMILES string of the molecule is Cc1ccccc1[C@@H]1C(C#N)=C(N)Oc2n[nH]c(-c3ccc(Cl)cc3)c21. The average Bonchev–Trinajstić information content (AvgIpc) is 3.05. The minimum absolute atomic E-state index is 0.0856. The zero-order valence-corrected chi connectivity index (χ0v) is 14.7. The average molecular weight is 363 g/mol. The van der Waals surface area contributed by atoms with Crippen molar-refractivity contribution in [3.8, 4) is 23.2 Å². The Morgan fingerprint density at radius 3 is 2.62 bits per heavy atom. The molecule has 0 unspecified atom stereocenters. The molecule has 0 radical (unpaired) electrons. The van der Waals surface area contributed by atoms with Crippen molar-refractivity contribution >= 4 is 11.6 Å². The van der Waals surface area contributed by atoms with Gasteiger partial charge in [-0.25, -0.2) is 0 Å². The van der Waals surface area contributed by atoms with Crippen molar-refractivity contribution in [2.45, 2.75) is 12.8 Å². The summed E-state index contributed by atoms with van der Waals surface area (Å²) in [6.45, 7) is 2.01. The molecule has 3 N–H and O–H groups in total. The summed E-state index contributed by atoms with van der Waals surface area (Å²) in [6.07, 6.45) is 0. The molecule has 0 bridgehead atoms. The number of halogens is 1. The number of aromatic amines is 1.